The Kier molecular flexibility index (Phi) is 8.69. The van der Waals surface area contributed by atoms with E-state index in [9.17, 15) is 9.59 Å². The molecule has 2 amide bonds. The van der Waals surface area contributed by atoms with Crippen LogP contribution in [0.15, 0.2) is 60.4 Å². The molecule has 0 aliphatic carbocycles. The van der Waals surface area contributed by atoms with Gasteiger partial charge in [0.2, 0.25) is 0 Å². The van der Waals surface area contributed by atoms with Crippen LogP contribution in [-0.4, -0.2) is 47.5 Å². The number of amides is 2. The molecule has 3 aromatic rings. The van der Waals surface area contributed by atoms with Gasteiger partial charge >= 0.3 is 0 Å². The zero-order valence-corrected chi connectivity index (χ0v) is 20.2. The normalized spacial score (nSPS) is 11.7. The van der Waals surface area contributed by atoms with Crippen LogP contribution < -0.4 is 10.6 Å². The summed E-state index contributed by atoms with van der Waals surface area (Å²) in [6.07, 6.45) is 3.73. The van der Waals surface area contributed by atoms with E-state index in [4.69, 9.17) is 11.6 Å². The summed E-state index contributed by atoms with van der Waals surface area (Å²) in [6, 6.07) is 14.8. The summed E-state index contributed by atoms with van der Waals surface area (Å²) in [5.74, 6) is -0.763. The monoisotopic (exact) mass is 466 g/mol. The van der Waals surface area contributed by atoms with Gasteiger partial charge in [-0.15, -0.1) is 0 Å². The van der Waals surface area contributed by atoms with E-state index >= 15 is 0 Å². The van der Waals surface area contributed by atoms with E-state index in [1.165, 1.54) is 0 Å². The molecule has 0 aliphatic rings. The first-order valence-corrected chi connectivity index (χ1v) is 11.7. The third-order valence-electron chi connectivity index (χ3n) is 5.68. The summed E-state index contributed by atoms with van der Waals surface area (Å²) in [4.78, 5) is 28.3. The van der Waals surface area contributed by atoms with Crippen LogP contribution in [0, 0.1) is 0 Å². The van der Waals surface area contributed by atoms with Crippen molar-refractivity contribution in [3.63, 3.8) is 0 Å². The minimum Gasteiger partial charge on any atom is -0.349 e. The maximum Gasteiger partial charge on any atom is 0.267 e. The van der Waals surface area contributed by atoms with Crippen LogP contribution >= 0.6 is 11.6 Å². The van der Waals surface area contributed by atoms with Gasteiger partial charge < -0.3 is 20.1 Å². The van der Waals surface area contributed by atoms with E-state index in [-0.39, 0.29) is 11.6 Å². The van der Waals surface area contributed by atoms with Crippen LogP contribution in [0.4, 0.5) is 0 Å². The Balaban J connectivity index is 1.92. The number of aromatic nitrogens is 1. The van der Waals surface area contributed by atoms with E-state index < -0.39 is 5.91 Å². The fourth-order valence-corrected chi connectivity index (χ4v) is 3.98. The molecule has 0 spiro atoms. The van der Waals surface area contributed by atoms with Crippen LogP contribution in [0.25, 0.3) is 17.0 Å². The fraction of sp³-hybridized carbons (Fsp3) is 0.308. The number of nitrogens with zero attached hydrogens (tertiary/aromatic N) is 2. The van der Waals surface area contributed by atoms with Gasteiger partial charge in [-0.2, -0.15) is 0 Å². The number of likely N-dealkylation sites (N-methyl/N-ethyl adjacent to an activating group) is 1. The molecule has 0 fully saturated rings. The van der Waals surface area contributed by atoms with Crippen molar-refractivity contribution in [1.29, 1.82) is 0 Å². The van der Waals surface area contributed by atoms with Gasteiger partial charge in [-0.3, -0.25) is 9.59 Å². The molecule has 33 heavy (non-hydrogen) atoms. The van der Waals surface area contributed by atoms with E-state index in [1.54, 1.807) is 30.3 Å². The first kappa shape index (κ1) is 24.6. The highest BCUT2D eigenvalue weighted by Crippen LogP contribution is 2.23. The van der Waals surface area contributed by atoms with Gasteiger partial charge in [-0.05, 0) is 44.3 Å². The van der Waals surface area contributed by atoms with Gasteiger partial charge in [0.15, 0.2) is 0 Å². The molecule has 2 N–H and O–H groups in total. The topological polar surface area (TPSA) is 66.4 Å². The molecular weight excluding hydrogens is 436 g/mol. The zero-order chi connectivity index (χ0) is 23.8. The Bertz CT molecular complexity index is 1150. The number of benzene rings is 2. The number of fused-ring (bicyclic) bond motifs is 1. The quantitative estimate of drug-likeness (QED) is 0.431. The van der Waals surface area contributed by atoms with Crippen molar-refractivity contribution in [2.45, 2.75) is 27.3 Å². The van der Waals surface area contributed by atoms with Crippen molar-refractivity contribution in [2.24, 2.45) is 0 Å². The molecule has 0 atom stereocenters. The van der Waals surface area contributed by atoms with Crippen LogP contribution in [0.1, 0.15) is 36.7 Å². The number of hydrogen-bond acceptors (Lipinski definition) is 3. The van der Waals surface area contributed by atoms with Crippen molar-refractivity contribution in [3.8, 4) is 0 Å². The number of hydrogen-bond donors (Lipinski definition) is 2. The summed E-state index contributed by atoms with van der Waals surface area (Å²) >= 11 is 6.20. The van der Waals surface area contributed by atoms with Gasteiger partial charge in [0, 0.05) is 42.3 Å². The van der Waals surface area contributed by atoms with Crippen LogP contribution in [0.3, 0.4) is 0 Å². The second kappa shape index (κ2) is 11.7. The lowest BCUT2D eigenvalue weighted by Gasteiger charge is -2.18. The van der Waals surface area contributed by atoms with Gasteiger partial charge in [0.05, 0.1) is 10.6 Å². The Morgan fingerprint density at radius 2 is 1.73 bits per heavy atom. The molecule has 1 aromatic heterocycles. The van der Waals surface area contributed by atoms with E-state index in [0.717, 1.165) is 42.6 Å². The average Bonchev–Trinajstić information content (AvgIpc) is 3.19. The van der Waals surface area contributed by atoms with Crippen molar-refractivity contribution >= 4 is 40.4 Å². The highest BCUT2D eigenvalue weighted by Gasteiger charge is 2.18. The Morgan fingerprint density at radius 1 is 1.03 bits per heavy atom. The summed E-state index contributed by atoms with van der Waals surface area (Å²) in [5, 5.41) is 7.07. The second-order valence-electron chi connectivity index (χ2n) is 7.66. The third-order valence-corrected chi connectivity index (χ3v) is 6.01. The summed E-state index contributed by atoms with van der Waals surface area (Å²) < 4.78 is 2.12. The zero-order valence-electron chi connectivity index (χ0n) is 19.4. The van der Waals surface area contributed by atoms with Crippen molar-refractivity contribution in [3.05, 3.63) is 76.6 Å². The molecule has 0 radical (unpaired) electrons. The van der Waals surface area contributed by atoms with E-state index in [1.807, 2.05) is 30.5 Å². The molecule has 7 heteroatoms. The SMILES string of the molecule is CCN(CC)CCNC(=O)/C(=C/c1cn(CC)c2ccccc12)NC(=O)c1ccccc1Cl. The lowest BCUT2D eigenvalue weighted by Crippen LogP contribution is -2.39. The average molecular weight is 467 g/mol. The molecule has 0 saturated heterocycles. The lowest BCUT2D eigenvalue weighted by molar-refractivity contribution is -0.117. The number of nitrogens with one attached hydrogen (secondary N) is 2. The first-order valence-electron chi connectivity index (χ1n) is 11.3. The molecule has 2 aromatic carbocycles. The third kappa shape index (κ3) is 6.03. The van der Waals surface area contributed by atoms with Gasteiger partial charge in [-0.1, -0.05) is 55.8 Å². The predicted molar refractivity (Wildman–Crippen MR) is 135 cm³/mol. The molecule has 0 aliphatic heterocycles. The van der Waals surface area contributed by atoms with E-state index in [2.05, 4.69) is 40.9 Å². The molecule has 174 valence electrons. The molecule has 0 unspecified atom stereocenters. The molecule has 6 nitrogen and oxygen atoms in total. The van der Waals surface area contributed by atoms with E-state index in [0.29, 0.717) is 17.1 Å². The Morgan fingerprint density at radius 3 is 2.42 bits per heavy atom. The highest BCUT2D eigenvalue weighted by molar-refractivity contribution is 6.34. The molecule has 0 bridgehead atoms. The fourth-order valence-electron chi connectivity index (χ4n) is 3.76. The molecular formula is C26H31ClN4O2. The van der Waals surface area contributed by atoms with Crippen LogP contribution in [-0.2, 0) is 11.3 Å². The number of halogens is 1. The largest absolute Gasteiger partial charge is 0.349 e. The summed E-state index contributed by atoms with van der Waals surface area (Å²) in [7, 11) is 0. The van der Waals surface area contributed by atoms with Crippen molar-refractivity contribution < 1.29 is 9.59 Å². The smallest absolute Gasteiger partial charge is 0.267 e. The van der Waals surface area contributed by atoms with Crippen molar-refractivity contribution in [1.82, 2.24) is 20.1 Å². The number of rotatable bonds is 10. The standard InChI is InChI=1S/C26H31ClN4O2/c1-4-30(5-2)16-15-28-26(33)23(29-25(32)21-12-7-9-13-22(21)27)17-19-18-31(6-3)24-14-10-8-11-20(19)24/h7-14,17-18H,4-6,15-16H2,1-3H3,(H,28,33)(H,29,32)/b23-17-. The Hall–Kier alpha value is -3.09. The molecule has 1 heterocycles. The predicted octanol–water partition coefficient (Wildman–Crippen LogP) is 4.54. The second-order valence-corrected chi connectivity index (χ2v) is 8.07. The Labute approximate surface area is 200 Å². The highest BCUT2D eigenvalue weighted by atomic mass is 35.5. The number of carbonyl (C=O) groups excluding carboxylic acids is 2. The number of aryl methyl sites for hydroxylation is 1. The minimum atomic E-state index is -0.426. The van der Waals surface area contributed by atoms with Gasteiger partial charge in [0.25, 0.3) is 11.8 Å². The molecule has 0 saturated carbocycles. The van der Waals surface area contributed by atoms with Gasteiger partial charge in [-0.25, -0.2) is 0 Å². The van der Waals surface area contributed by atoms with Gasteiger partial charge in [0.1, 0.15) is 5.70 Å². The summed E-state index contributed by atoms with van der Waals surface area (Å²) in [6.45, 7) is 10.1. The van der Waals surface area contributed by atoms with Crippen LogP contribution in [0.2, 0.25) is 5.02 Å². The summed E-state index contributed by atoms with van der Waals surface area (Å²) in [5.41, 5.74) is 2.43. The molecule has 3 rings (SSSR count). The lowest BCUT2D eigenvalue weighted by atomic mass is 10.1. The maximum atomic E-state index is 13.1. The number of para-hydroxylation sites is 1. The van der Waals surface area contributed by atoms with Crippen molar-refractivity contribution in [2.75, 3.05) is 26.2 Å². The maximum absolute atomic E-state index is 13.1. The minimum absolute atomic E-state index is 0.179. The number of carbonyl (C=O) groups is 2. The van der Waals surface area contributed by atoms with Crippen LogP contribution in [0.5, 0.6) is 0 Å². The first-order chi connectivity index (χ1) is 16.0.